The lowest BCUT2D eigenvalue weighted by Gasteiger charge is -2.30. The Hall–Kier alpha value is -1.98. The zero-order valence-corrected chi connectivity index (χ0v) is 15.8. The molecule has 1 N–H and O–H groups in total. The van der Waals surface area contributed by atoms with Crippen molar-refractivity contribution in [2.75, 3.05) is 26.7 Å². The lowest BCUT2D eigenvalue weighted by Crippen LogP contribution is -2.47. The van der Waals surface area contributed by atoms with E-state index in [4.69, 9.17) is 4.74 Å². The van der Waals surface area contributed by atoms with Gasteiger partial charge >= 0.3 is 0 Å². The number of methoxy groups -OCH3 is 1. The van der Waals surface area contributed by atoms with Crippen LogP contribution in [0.15, 0.2) is 58.3 Å². The minimum absolute atomic E-state index is 0.0336. The molecular weight excluding hydrogens is 344 g/mol. The van der Waals surface area contributed by atoms with E-state index < -0.39 is 0 Å². The Balaban J connectivity index is 1.38. The first kappa shape index (κ1) is 17.4. The summed E-state index contributed by atoms with van der Waals surface area (Å²) >= 11 is 1.64. The van der Waals surface area contributed by atoms with Gasteiger partial charge in [0.15, 0.2) is 0 Å². The largest absolute Gasteiger partial charge is 0.496 e. The van der Waals surface area contributed by atoms with Gasteiger partial charge in [-0.3, -0.25) is 4.79 Å². The highest BCUT2D eigenvalue weighted by molar-refractivity contribution is 7.99. The van der Waals surface area contributed by atoms with E-state index in [0.29, 0.717) is 0 Å². The number of hydrogen-bond donors (Lipinski definition) is 1. The van der Waals surface area contributed by atoms with Crippen LogP contribution >= 0.6 is 11.8 Å². The number of amides is 1. The van der Waals surface area contributed by atoms with Crippen LogP contribution in [0.4, 0.5) is 0 Å². The van der Waals surface area contributed by atoms with Crippen molar-refractivity contribution in [3.8, 4) is 5.75 Å². The number of para-hydroxylation sites is 1. The first-order valence-corrected chi connectivity index (χ1v) is 9.97. The van der Waals surface area contributed by atoms with Crippen molar-refractivity contribution in [3.63, 3.8) is 0 Å². The van der Waals surface area contributed by atoms with Crippen molar-refractivity contribution in [3.05, 3.63) is 54.1 Å². The number of benzene rings is 2. The van der Waals surface area contributed by atoms with E-state index in [0.717, 1.165) is 40.0 Å². The molecule has 0 spiro atoms. The van der Waals surface area contributed by atoms with E-state index >= 15 is 0 Å². The fourth-order valence-corrected chi connectivity index (χ4v) is 4.86. The van der Waals surface area contributed by atoms with Crippen LogP contribution in [0.1, 0.15) is 23.2 Å². The van der Waals surface area contributed by atoms with Gasteiger partial charge in [-0.05, 0) is 61.7 Å². The molecule has 26 heavy (non-hydrogen) atoms. The van der Waals surface area contributed by atoms with E-state index in [1.54, 1.807) is 18.9 Å². The number of nitrogens with one attached hydrogen (secondary N) is 1. The monoisotopic (exact) mass is 368 g/mol. The molecule has 4 rings (SSSR count). The Morgan fingerprint density at radius 3 is 2.73 bits per heavy atom. The Kier molecular flexibility index (Phi) is 5.18. The Bertz CT molecular complexity index is 766. The molecule has 1 unspecified atom stereocenters. The molecule has 0 aliphatic carbocycles. The summed E-state index contributed by atoms with van der Waals surface area (Å²) in [6.45, 7) is 3.39. The average molecular weight is 369 g/mol. The molecule has 2 aromatic carbocycles. The zero-order chi connectivity index (χ0) is 17.9. The SMILES string of the molecule is COc1ccccc1Sc1ccc(C(=O)N[C@@H]2C[C@H]3CCN(C3)C2)cc1. The van der Waals surface area contributed by atoms with E-state index in [1.165, 1.54) is 19.5 Å². The van der Waals surface area contributed by atoms with Gasteiger partial charge in [0.25, 0.3) is 5.91 Å². The minimum atomic E-state index is 0.0336. The Labute approximate surface area is 158 Å². The van der Waals surface area contributed by atoms with Crippen molar-refractivity contribution in [2.24, 2.45) is 5.92 Å². The Morgan fingerprint density at radius 2 is 1.96 bits per heavy atom. The van der Waals surface area contributed by atoms with Crippen LogP contribution in [-0.4, -0.2) is 43.6 Å². The van der Waals surface area contributed by atoms with E-state index in [1.807, 2.05) is 48.5 Å². The van der Waals surface area contributed by atoms with Crippen molar-refractivity contribution in [1.82, 2.24) is 10.2 Å². The van der Waals surface area contributed by atoms with Crippen molar-refractivity contribution < 1.29 is 9.53 Å². The molecule has 2 fully saturated rings. The van der Waals surface area contributed by atoms with Gasteiger partial charge in [-0.25, -0.2) is 0 Å². The second-order valence-electron chi connectivity index (χ2n) is 7.10. The number of fused-ring (bicyclic) bond motifs is 2. The molecule has 0 radical (unpaired) electrons. The van der Waals surface area contributed by atoms with Gasteiger partial charge in [0.05, 0.1) is 12.0 Å². The summed E-state index contributed by atoms with van der Waals surface area (Å²) in [5, 5.41) is 3.22. The molecule has 4 nitrogen and oxygen atoms in total. The van der Waals surface area contributed by atoms with E-state index in [9.17, 15) is 4.79 Å². The zero-order valence-electron chi connectivity index (χ0n) is 15.0. The minimum Gasteiger partial charge on any atom is -0.496 e. The molecule has 0 saturated carbocycles. The number of ether oxygens (including phenoxy) is 1. The predicted molar refractivity (Wildman–Crippen MR) is 104 cm³/mol. The highest BCUT2D eigenvalue weighted by Crippen LogP contribution is 2.34. The molecule has 5 heteroatoms. The van der Waals surface area contributed by atoms with Gasteiger partial charge in [-0.1, -0.05) is 23.9 Å². The average Bonchev–Trinajstić information content (AvgIpc) is 3.01. The summed E-state index contributed by atoms with van der Waals surface area (Å²) in [5.41, 5.74) is 0.724. The smallest absolute Gasteiger partial charge is 0.251 e. The third-order valence-electron chi connectivity index (χ3n) is 5.22. The summed E-state index contributed by atoms with van der Waals surface area (Å²) in [6, 6.07) is 16.1. The highest BCUT2D eigenvalue weighted by Gasteiger charge is 2.32. The van der Waals surface area contributed by atoms with Crippen molar-refractivity contribution >= 4 is 17.7 Å². The fourth-order valence-electron chi connectivity index (χ4n) is 3.94. The maximum Gasteiger partial charge on any atom is 0.251 e. The molecule has 3 atom stereocenters. The fraction of sp³-hybridized carbons (Fsp3) is 0.381. The predicted octanol–water partition coefficient (Wildman–Crippen LogP) is 3.67. The number of nitrogens with zero attached hydrogens (tertiary/aromatic N) is 1. The van der Waals surface area contributed by atoms with Crippen LogP contribution in [0.25, 0.3) is 0 Å². The van der Waals surface area contributed by atoms with Gasteiger partial charge in [0, 0.05) is 29.6 Å². The van der Waals surface area contributed by atoms with E-state index in [2.05, 4.69) is 10.2 Å². The molecule has 2 heterocycles. The summed E-state index contributed by atoms with van der Waals surface area (Å²) in [4.78, 5) is 17.2. The third kappa shape index (κ3) is 3.89. The highest BCUT2D eigenvalue weighted by atomic mass is 32.2. The maximum absolute atomic E-state index is 12.6. The number of carbonyl (C=O) groups excluding carboxylic acids is 1. The number of hydrogen-bond acceptors (Lipinski definition) is 4. The molecule has 2 saturated heterocycles. The standard InChI is InChI=1S/C21H24N2O2S/c1-25-19-4-2-3-5-20(19)26-18-8-6-16(7-9-18)21(24)22-17-12-15-10-11-23(13-15)14-17/h2-9,15,17H,10-14H2,1H3,(H,22,24)/t15-,17-/m1/s1. The first-order valence-electron chi connectivity index (χ1n) is 9.15. The van der Waals surface area contributed by atoms with Crippen molar-refractivity contribution in [1.29, 1.82) is 0 Å². The van der Waals surface area contributed by atoms with Crippen LogP contribution in [-0.2, 0) is 0 Å². The van der Waals surface area contributed by atoms with Gasteiger partial charge in [0.2, 0.25) is 0 Å². The molecule has 2 aliphatic rings. The topological polar surface area (TPSA) is 41.6 Å². The molecule has 1 amide bonds. The summed E-state index contributed by atoms with van der Waals surface area (Å²) in [7, 11) is 1.68. The van der Waals surface area contributed by atoms with Crippen LogP contribution in [0.3, 0.4) is 0 Å². The summed E-state index contributed by atoms with van der Waals surface area (Å²) in [5.74, 6) is 1.65. The molecular formula is C21H24N2O2S. The van der Waals surface area contributed by atoms with Crippen LogP contribution in [0.5, 0.6) is 5.75 Å². The quantitative estimate of drug-likeness (QED) is 0.874. The molecule has 2 aromatic rings. The molecule has 2 bridgehead atoms. The normalized spacial score (nSPS) is 24.3. The first-order chi connectivity index (χ1) is 12.7. The van der Waals surface area contributed by atoms with Gasteiger partial charge in [0.1, 0.15) is 5.75 Å². The number of rotatable bonds is 5. The Morgan fingerprint density at radius 1 is 1.15 bits per heavy atom. The third-order valence-corrected chi connectivity index (χ3v) is 6.28. The second-order valence-corrected chi connectivity index (χ2v) is 8.21. The lowest BCUT2D eigenvalue weighted by atomic mass is 9.96. The summed E-state index contributed by atoms with van der Waals surface area (Å²) in [6.07, 6.45) is 2.39. The van der Waals surface area contributed by atoms with Gasteiger partial charge in [-0.15, -0.1) is 0 Å². The van der Waals surface area contributed by atoms with Gasteiger partial charge < -0.3 is 15.0 Å². The summed E-state index contributed by atoms with van der Waals surface area (Å²) < 4.78 is 5.40. The number of carbonyl (C=O) groups is 1. The maximum atomic E-state index is 12.6. The van der Waals surface area contributed by atoms with Gasteiger partial charge in [-0.2, -0.15) is 0 Å². The van der Waals surface area contributed by atoms with Crippen molar-refractivity contribution in [2.45, 2.75) is 28.7 Å². The number of piperidine rings is 1. The molecule has 0 aromatic heterocycles. The molecule has 2 aliphatic heterocycles. The lowest BCUT2D eigenvalue weighted by molar-refractivity contribution is 0.0909. The second kappa shape index (κ2) is 7.72. The van der Waals surface area contributed by atoms with Crippen LogP contribution in [0.2, 0.25) is 0 Å². The van der Waals surface area contributed by atoms with Crippen LogP contribution in [0, 0.1) is 5.92 Å². The van der Waals surface area contributed by atoms with Crippen LogP contribution < -0.4 is 10.1 Å². The molecule has 136 valence electrons. The van der Waals surface area contributed by atoms with E-state index in [-0.39, 0.29) is 11.9 Å².